The minimum absolute atomic E-state index is 0.0935. The molecular weight excluding hydrogens is 352 g/mol. The van der Waals surface area contributed by atoms with Crippen molar-refractivity contribution in [3.05, 3.63) is 29.8 Å². The van der Waals surface area contributed by atoms with Gasteiger partial charge in [0.15, 0.2) is 0 Å². The van der Waals surface area contributed by atoms with E-state index < -0.39 is 11.1 Å². The number of carbonyl (C=O) groups is 2. The third-order valence-corrected chi connectivity index (χ3v) is 6.76. The van der Waals surface area contributed by atoms with E-state index in [9.17, 15) is 9.59 Å². The third kappa shape index (κ3) is 3.62. The summed E-state index contributed by atoms with van der Waals surface area (Å²) in [7, 11) is 0. The zero-order chi connectivity index (χ0) is 19.6. The molecule has 2 amide bonds. The average Bonchev–Trinajstić information content (AvgIpc) is 2.73. The molecule has 1 aliphatic carbocycles. The Kier molecular flexibility index (Phi) is 5.32. The number of hydrogen-bond donors (Lipinski definition) is 3. The van der Waals surface area contributed by atoms with Crippen molar-refractivity contribution in [3.63, 3.8) is 0 Å². The van der Waals surface area contributed by atoms with Gasteiger partial charge in [-0.15, -0.1) is 0 Å². The van der Waals surface area contributed by atoms with Crippen LogP contribution in [0, 0.1) is 6.92 Å². The van der Waals surface area contributed by atoms with Gasteiger partial charge in [0.2, 0.25) is 11.8 Å². The van der Waals surface area contributed by atoms with Gasteiger partial charge in [0, 0.05) is 31.9 Å². The van der Waals surface area contributed by atoms with Crippen LogP contribution in [0.3, 0.4) is 0 Å². The molecule has 2 saturated heterocycles. The van der Waals surface area contributed by atoms with Crippen molar-refractivity contribution in [2.24, 2.45) is 0 Å². The fraction of sp³-hybridized carbons (Fsp3) is 0.636. The van der Waals surface area contributed by atoms with Gasteiger partial charge in [-0.05, 0) is 44.7 Å². The molecule has 0 unspecified atom stereocenters. The summed E-state index contributed by atoms with van der Waals surface area (Å²) in [6.07, 6.45) is 6.47. The summed E-state index contributed by atoms with van der Waals surface area (Å²) in [6.45, 7) is 4.84. The average molecular weight is 385 g/mol. The maximum atomic E-state index is 13.6. The molecule has 3 fully saturated rings. The van der Waals surface area contributed by atoms with Crippen LogP contribution >= 0.6 is 0 Å². The number of piperidine rings is 1. The summed E-state index contributed by atoms with van der Waals surface area (Å²) in [5.74, 6) is 0.301. The fourth-order valence-electron chi connectivity index (χ4n) is 4.99. The fourth-order valence-corrected chi connectivity index (χ4v) is 4.99. The van der Waals surface area contributed by atoms with Crippen molar-refractivity contribution in [1.29, 1.82) is 0 Å². The Balaban J connectivity index is 1.48. The van der Waals surface area contributed by atoms with Crippen LogP contribution in [0.2, 0.25) is 0 Å². The highest BCUT2D eigenvalue weighted by Gasteiger charge is 2.47. The number of nitrogens with one attached hydrogen (secondary N) is 3. The van der Waals surface area contributed by atoms with Crippen LogP contribution in [0.5, 0.6) is 0 Å². The first-order chi connectivity index (χ1) is 13.5. The predicted molar refractivity (Wildman–Crippen MR) is 110 cm³/mol. The van der Waals surface area contributed by atoms with E-state index in [1.54, 1.807) is 0 Å². The number of benzene rings is 1. The Hall–Kier alpha value is -2.08. The van der Waals surface area contributed by atoms with E-state index in [-0.39, 0.29) is 11.8 Å². The zero-order valence-corrected chi connectivity index (χ0v) is 16.9. The van der Waals surface area contributed by atoms with Crippen molar-refractivity contribution in [2.45, 2.75) is 62.9 Å². The largest absolute Gasteiger partial charge is 0.371 e. The second-order valence-electron chi connectivity index (χ2n) is 8.69. The van der Waals surface area contributed by atoms with Crippen LogP contribution in [0.1, 0.15) is 50.5 Å². The number of piperazine rings is 1. The first-order valence-corrected chi connectivity index (χ1v) is 10.7. The lowest BCUT2D eigenvalue weighted by Crippen LogP contribution is -2.68. The molecule has 3 N–H and O–H groups in total. The highest BCUT2D eigenvalue weighted by atomic mass is 16.2. The van der Waals surface area contributed by atoms with Crippen molar-refractivity contribution >= 4 is 17.5 Å². The van der Waals surface area contributed by atoms with E-state index in [0.717, 1.165) is 37.9 Å². The molecule has 2 aliphatic heterocycles. The number of likely N-dealkylation sites (tertiary alicyclic amines) is 1. The van der Waals surface area contributed by atoms with Gasteiger partial charge in [-0.25, -0.2) is 0 Å². The molecule has 2 heterocycles. The highest BCUT2D eigenvalue weighted by Crippen LogP contribution is 2.35. The van der Waals surface area contributed by atoms with Gasteiger partial charge in [0.25, 0.3) is 0 Å². The van der Waals surface area contributed by atoms with E-state index in [0.29, 0.717) is 32.5 Å². The molecule has 1 saturated carbocycles. The molecule has 28 heavy (non-hydrogen) atoms. The number of aryl methyl sites for hydroxylation is 1. The number of nitrogens with zero attached hydrogens (tertiary/aromatic N) is 1. The molecule has 6 heteroatoms. The molecular formula is C22H32N4O2. The predicted octanol–water partition coefficient (Wildman–Crippen LogP) is 2.19. The van der Waals surface area contributed by atoms with E-state index in [1.807, 2.05) is 4.90 Å². The Labute approximate surface area is 167 Å². The quantitative estimate of drug-likeness (QED) is 0.747. The van der Waals surface area contributed by atoms with E-state index in [4.69, 9.17) is 0 Å². The van der Waals surface area contributed by atoms with E-state index >= 15 is 0 Å². The minimum Gasteiger partial charge on any atom is -0.371 e. The first-order valence-electron chi connectivity index (χ1n) is 10.7. The number of rotatable bonds is 3. The first kappa shape index (κ1) is 19.2. The van der Waals surface area contributed by atoms with Crippen LogP contribution in [0.15, 0.2) is 24.3 Å². The summed E-state index contributed by atoms with van der Waals surface area (Å²) in [4.78, 5) is 28.0. The second-order valence-corrected chi connectivity index (χ2v) is 8.69. The zero-order valence-electron chi connectivity index (χ0n) is 16.9. The number of amides is 2. The Morgan fingerprint density at radius 3 is 2.32 bits per heavy atom. The normalized spacial score (nSPS) is 23.9. The summed E-state index contributed by atoms with van der Waals surface area (Å²) in [6, 6.07) is 8.31. The molecule has 3 aliphatic rings. The van der Waals surface area contributed by atoms with Gasteiger partial charge in [-0.3, -0.25) is 9.59 Å². The van der Waals surface area contributed by atoms with Crippen molar-refractivity contribution in [1.82, 2.24) is 15.5 Å². The van der Waals surface area contributed by atoms with Gasteiger partial charge in [-0.2, -0.15) is 0 Å². The van der Waals surface area contributed by atoms with Crippen LogP contribution in [0.4, 0.5) is 5.69 Å². The van der Waals surface area contributed by atoms with Crippen molar-refractivity contribution < 1.29 is 9.59 Å². The standard InChI is InChI=1S/C22H32N4O2/c1-17-5-7-18(8-6-17)25-22(9-3-2-4-10-22)20(28)26-15-11-21(12-16-26)19(27)23-13-14-24-21/h5-8,24-25H,2-4,9-16H2,1H3,(H,23,27). The number of hydrogen-bond acceptors (Lipinski definition) is 4. The lowest BCUT2D eigenvalue weighted by Gasteiger charge is -2.47. The summed E-state index contributed by atoms with van der Waals surface area (Å²) in [5.41, 5.74) is 1.23. The Bertz CT molecular complexity index is 717. The van der Waals surface area contributed by atoms with Gasteiger partial charge in [0.05, 0.1) is 0 Å². The van der Waals surface area contributed by atoms with E-state index in [2.05, 4.69) is 47.1 Å². The van der Waals surface area contributed by atoms with Gasteiger partial charge >= 0.3 is 0 Å². The molecule has 6 nitrogen and oxygen atoms in total. The lowest BCUT2D eigenvalue weighted by atomic mass is 9.78. The Morgan fingerprint density at radius 1 is 1.00 bits per heavy atom. The molecule has 0 atom stereocenters. The molecule has 4 rings (SSSR count). The van der Waals surface area contributed by atoms with Gasteiger partial charge in [-0.1, -0.05) is 37.0 Å². The second kappa shape index (κ2) is 7.74. The molecule has 0 radical (unpaired) electrons. The molecule has 0 bridgehead atoms. The maximum Gasteiger partial charge on any atom is 0.248 e. The minimum atomic E-state index is -0.514. The van der Waals surface area contributed by atoms with Crippen LogP contribution < -0.4 is 16.0 Å². The molecule has 1 aromatic rings. The maximum absolute atomic E-state index is 13.6. The molecule has 1 spiro atoms. The lowest BCUT2D eigenvalue weighted by molar-refractivity contribution is -0.142. The van der Waals surface area contributed by atoms with Gasteiger partial charge in [0.1, 0.15) is 11.1 Å². The molecule has 152 valence electrons. The van der Waals surface area contributed by atoms with Crippen molar-refractivity contribution in [2.75, 3.05) is 31.5 Å². The molecule has 0 aromatic heterocycles. The SMILES string of the molecule is Cc1ccc(NC2(C(=O)N3CCC4(CC3)NCCNC4=O)CCCCC2)cc1. The van der Waals surface area contributed by atoms with E-state index in [1.165, 1.54) is 12.0 Å². The van der Waals surface area contributed by atoms with Crippen molar-refractivity contribution in [3.8, 4) is 0 Å². The Morgan fingerprint density at radius 2 is 1.68 bits per heavy atom. The smallest absolute Gasteiger partial charge is 0.248 e. The molecule has 1 aromatic carbocycles. The van der Waals surface area contributed by atoms with Crippen LogP contribution in [-0.4, -0.2) is 54.0 Å². The van der Waals surface area contributed by atoms with Gasteiger partial charge < -0.3 is 20.9 Å². The number of carbonyl (C=O) groups excluding carboxylic acids is 2. The summed E-state index contributed by atoms with van der Waals surface area (Å²) < 4.78 is 0. The third-order valence-electron chi connectivity index (χ3n) is 6.76. The summed E-state index contributed by atoms with van der Waals surface area (Å²) in [5, 5.41) is 10.0. The summed E-state index contributed by atoms with van der Waals surface area (Å²) >= 11 is 0. The number of anilines is 1. The van der Waals surface area contributed by atoms with Crippen LogP contribution in [0.25, 0.3) is 0 Å². The highest BCUT2D eigenvalue weighted by molar-refractivity contribution is 5.91. The topological polar surface area (TPSA) is 73.5 Å². The monoisotopic (exact) mass is 384 g/mol. The van der Waals surface area contributed by atoms with Crippen LogP contribution in [-0.2, 0) is 9.59 Å².